The van der Waals surface area contributed by atoms with Gasteiger partial charge in [-0.25, -0.2) is 4.79 Å². The topological polar surface area (TPSA) is 51.2 Å². The highest BCUT2D eigenvalue weighted by Crippen LogP contribution is 2.29. The molecule has 1 unspecified atom stereocenters. The van der Waals surface area contributed by atoms with Gasteiger partial charge in [0.25, 0.3) is 0 Å². The van der Waals surface area contributed by atoms with Crippen molar-refractivity contribution in [2.75, 3.05) is 40.4 Å². The van der Waals surface area contributed by atoms with Gasteiger partial charge in [0.1, 0.15) is 17.5 Å². The molecule has 0 N–H and O–H groups in total. The van der Waals surface area contributed by atoms with Gasteiger partial charge in [0.2, 0.25) is 0 Å². The van der Waals surface area contributed by atoms with Crippen LogP contribution in [0.25, 0.3) is 5.70 Å². The van der Waals surface area contributed by atoms with E-state index in [2.05, 4.69) is 11.5 Å². The summed E-state index contributed by atoms with van der Waals surface area (Å²) in [5.74, 6) is 0.844. The number of rotatable bonds is 8. The highest BCUT2D eigenvalue weighted by molar-refractivity contribution is 5.68. The van der Waals surface area contributed by atoms with E-state index in [4.69, 9.17) is 14.2 Å². The minimum Gasteiger partial charge on any atom is -0.490 e. The van der Waals surface area contributed by atoms with Gasteiger partial charge in [-0.05, 0) is 52.2 Å². The lowest BCUT2D eigenvalue weighted by Gasteiger charge is -2.27. The van der Waals surface area contributed by atoms with E-state index in [1.807, 2.05) is 52.1 Å². The summed E-state index contributed by atoms with van der Waals surface area (Å²) in [7, 11) is 3.76. The number of amides is 1. The van der Waals surface area contributed by atoms with Crippen LogP contribution in [-0.2, 0) is 9.47 Å². The van der Waals surface area contributed by atoms with Crippen LogP contribution in [0.4, 0.5) is 4.79 Å². The maximum Gasteiger partial charge on any atom is 0.410 e. The van der Waals surface area contributed by atoms with Crippen molar-refractivity contribution >= 4 is 11.8 Å². The van der Waals surface area contributed by atoms with Crippen molar-refractivity contribution < 1.29 is 19.0 Å². The molecule has 6 heteroatoms. The first kappa shape index (κ1) is 24.1. The highest BCUT2D eigenvalue weighted by Gasteiger charge is 2.26. The van der Waals surface area contributed by atoms with Gasteiger partial charge in [-0.15, -0.1) is 0 Å². The van der Waals surface area contributed by atoms with Crippen LogP contribution in [0.15, 0.2) is 30.8 Å². The monoisotopic (exact) mass is 418 g/mol. The van der Waals surface area contributed by atoms with Crippen molar-refractivity contribution in [2.24, 2.45) is 0 Å². The summed E-state index contributed by atoms with van der Waals surface area (Å²) in [4.78, 5) is 16.3. The van der Waals surface area contributed by atoms with E-state index in [1.165, 1.54) is 0 Å². The van der Waals surface area contributed by atoms with Gasteiger partial charge in [-0.2, -0.15) is 0 Å². The van der Waals surface area contributed by atoms with Crippen LogP contribution in [0.5, 0.6) is 5.75 Å². The summed E-state index contributed by atoms with van der Waals surface area (Å²) in [6, 6.07) is 8.04. The Morgan fingerprint density at radius 1 is 1.23 bits per heavy atom. The predicted molar refractivity (Wildman–Crippen MR) is 121 cm³/mol. The average molecular weight is 419 g/mol. The second-order valence-electron chi connectivity index (χ2n) is 8.85. The Labute approximate surface area is 181 Å². The van der Waals surface area contributed by atoms with Crippen LogP contribution in [0.2, 0.25) is 0 Å². The molecule has 1 saturated heterocycles. The molecule has 1 amide bonds. The van der Waals surface area contributed by atoms with E-state index in [0.717, 1.165) is 55.8 Å². The molecule has 30 heavy (non-hydrogen) atoms. The fourth-order valence-electron chi connectivity index (χ4n) is 3.47. The first-order chi connectivity index (χ1) is 14.2. The Bertz CT molecular complexity index is 699. The number of carbonyl (C=O) groups excluding carboxylic acids is 1. The molecule has 0 saturated carbocycles. The zero-order chi connectivity index (χ0) is 22.1. The van der Waals surface area contributed by atoms with Crippen LogP contribution < -0.4 is 4.74 Å². The molecule has 2 rings (SSSR count). The molecule has 0 spiro atoms. The summed E-state index contributed by atoms with van der Waals surface area (Å²) >= 11 is 0. The molecule has 0 aromatic heterocycles. The first-order valence-corrected chi connectivity index (χ1v) is 10.8. The fourth-order valence-corrected chi connectivity index (χ4v) is 3.47. The molecule has 1 aliphatic rings. The Morgan fingerprint density at radius 2 is 1.97 bits per heavy atom. The van der Waals surface area contributed by atoms with Crippen molar-refractivity contribution in [2.45, 2.75) is 58.2 Å². The van der Waals surface area contributed by atoms with Crippen LogP contribution in [0.1, 0.15) is 52.0 Å². The van der Waals surface area contributed by atoms with Crippen molar-refractivity contribution in [3.63, 3.8) is 0 Å². The lowest BCUT2D eigenvalue weighted by molar-refractivity contribution is 0.0252. The summed E-state index contributed by atoms with van der Waals surface area (Å²) < 4.78 is 17.1. The van der Waals surface area contributed by atoms with Crippen molar-refractivity contribution in [3.8, 4) is 5.75 Å². The molecule has 1 atom stereocenters. The maximum absolute atomic E-state index is 12.4. The smallest absolute Gasteiger partial charge is 0.410 e. The van der Waals surface area contributed by atoms with E-state index in [9.17, 15) is 4.79 Å². The number of likely N-dealkylation sites (tertiary alicyclic amines) is 1. The molecule has 1 fully saturated rings. The molecule has 6 nitrogen and oxygen atoms in total. The second-order valence-corrected chi connectivity index (χ2v) is 8.85. The van der Waals surface area contributed by atoms with E-state index in [1.54, 1.807) is 12.0 Å². The Morgan fingerprint density at radius 3 is 2.67 bits per heavy atom. The first-order valence-electron chi connectivity index (χ1n) is 10.8. The van der Waals surface area contributed by atoms with Crippen molar-refractivity contribution in [3.05, 3.63) is 36.4 Å². The number of carbonyl (C=O) groups is 1. The molecule has 1 aromatic rings. The summed E-state index contributed by atoms with van der Waals surface area (Å²) in [5, 5.41) is 0. The van der Waals surface area contributed by atoms with Gasteiger partial charge >= 0.3 is 6.09 Å². The van der Waals surface area contributed by atoms with Gasteiger partial charge in [0.05, 0.1) is 0 Å². The standard InChI is InChI=1S/C24H38N2O4/c1-19(25(5)15-10-18-28-6)21-12-7-8-13-22(21)29-20-11-9-16-26(17-14-20)23(27)30-24(2,3)4/h7-8,12-13,20H,1,9-11,14-18H2,2-6H3. The van der Waals surface area contributed by atoms with Crippen LogP contribution in [-0.4, -0.2) is 68.0 Å². The van der Waals surface area contributed by atoms with E-state index < -0.39 is 5.60 Å². The summed E-state index contributed by atoms with van der Waals surface area (Å²) in [6.45, 7) is 12.9. The number of hydrogen-bond donors (Lipinski definition) is 0. The van der Waals surface area contributed by atoms with Gasteiger partial charge in [-0.3, -0.25) is 0 Å². The molecular weight excluding hydrogens is 380 g/mol. The molecule has 1 heterocycles. The fraction of sp³-hybridized carbons (Fsp3) is 0.625. The largest absolute Gasteiger partial charge is 0.490 e. The second kappa shape index (κ2) is 11.3. The average Bonchev–Trinajstić information content (AvgIpc) is 2.92. The van der Waals surface area contributed by atoms with Crippen molar-refractivity contribution in [1.29, 1.82) is 0 Å². The Kier molecular flexibility index (Phi) is 9.03. The van der Waals surface area contributed by atoms with E-state index in [-0.39, 0.29) is 12.2 Å². The third-order valence-corrected chi connectivity index (χ3v) is 5.12. The summed E-state index contributed by atoms with van der Waals surface area (Å²) in [5.41, 5.74) is 1.46. The van der Waals surface area contributed by atoms with Gasteiger partial charge in [0.15, 0.2) is 0 Å². The van der Waals surface area contributed by atoms with Gasteiger partial charge < -0.3 is 24.0 Å². The zero-order valence-corrected chi connectivity index (χ0v) is 19.3. The lowest BCUT2D eigenvalue weighted by Crippen LogP contribution is -2.37. The number of benzene rings is 1. The number of ether oxygens (including phenoxy) is 3. The molecule has 1 aromatic carbocycles. The van der Waals surface area contributed by atoms with Crippen LogP contribution >= 0.6 is 0 Å². The number of methoxy groups -OCH3 is 1. The summed E-state index contributed by atoms with van der Waals surface area (Å²) in [6.07, 6.45) is 3.34. The van der Waals surface area contributed by atoms with Gasteiger partial charge in [-0.1, -0.05) is 18.7 Å². The minimum absolute atomic E-state index is 0.0604. The van der Waals surface area contributed by atoms with Crippen LogP contribution in [0.3, 0.4) is 0 Å². The van der Waals surface area contributed by atoms with E-state index >= 15 is 0 Å². The van der Waals surface area contributed by atoms with E-state index in [0.29, 0.717) is 13.1 Å². The zero-order valence-electron chi connectivity index (χ0n) is 19.3. The lowest BCUT2D eigenvalue weighted by atomic mass is 10.1. The third-order valence-electron chi connectivity index (χ3n) is 5.12. The SMILES string of the molecule is C=C(c1ccccc1OC1CCCN(C(=O)OC(C)(C)C)CC1)N(C)CCCOC. The Hall–Kier alpha value is -2.21. The number of nitrogens with zero attached hydrogens (tertiary/aromatic N) is 2. The normalized spacial score (nSPS) is 17.2. The molecule has 0 aliphatic carbocycles. The number of hydrogen-bond acceptors (Lipinski definition) is 5. The molecule has 168 valence electrons. The molecule has 1 aliphatic heterocycles. The molecular formula is C24H38N2O4. The number of para-hydroxylation sites is 1. The maximum atomic E-state index is 12.4. The van der Waals surface area contributed by atoms with Gasteiger partial charge in [0, 0.05) is 58.1 Å². The van der Waals surface area contributed by atoms with Crippen molar-refractivity contribution in [1.82, 2.24) is 9.80 Å². The highest BCUT2D eigenvalue weighted by atomic mass is 16.6. The Balaban J connectivity index is 1.98. The van der Waals surface area contributed by atoms with Crippen LogP contribution in [0, 0.1) is 0 Å². The molecule has 0 bridgehead atoms. The predicted octanol–water partition coefficient (Wildman–Crippen LogP) is 4.79. The minimum atomic E-state index is -0.478. The molecule has 0 radical (unpaired) electrons. The third kappa shape index (κ3) is 7.56. The quantitative estimate of drug-likeness (QED) is 0.568.